The summed E-state index contributed by atoms with van der Waals surface area (Å²) in [6.07, 6.45) is 6.93. The molecule has 1 heterocycles. The van der Waals surface area contributed by atoms with Crippen molar-refractivity contribution in [2.45, 2.75) is 32.4 Å². The molecule has 0 aliphatic heterocycles. The van der Waals surface area contributed by atoms with Crippen LogP contribution in [0.4, 0.5) is 0 Å². The molecular weight excluding hydrogens is 204 g/mol. The number of carbonyl (C=O) groups is 1. The van der Waals surface area contributed by atoms with E-state index >= 15 is 0 Å². The lowest BCUT2D eigenvalue weighted by molar-refractivity contribution is 0.0932. The van der Waals surface area contributed by atoms with Gasteiger partial charge in [-0.3, -0.25) is 4.79 Å². The minimum absolute atomic E-state index is 0.00413. The lowest BCUT2D eigenvalue weighted by atomic mass is 10.0. The Morgan fingerprint density at radius 2 is 2.44 bits per heavy atom. The van der Waals surface area contributed by atoms with Crippen LogP contribution in [0.3, 0.4) is 0 Å². The van der Waals surface area contributed by atoms with Crippen LogP contribution in [-0.4, -0.2) is 26.8 Å². The van der Waals surface area contributed by atoms with Crippen LogP contribution in [0.15, 0.2) is 18.3 Å². The van der Waals surface area contributed by atoms with E-state index < -0.39 is 0 Å². The van der Waals surface area contributed by atoms with E-state index in [9.17, 15) is 4.79 Å². The molecular formula is C11H16N4O. The van der Waals surface area contributed by atoms with Gasteiger partial charge in [0.15, 0.2) is 5.78 Å². The zero-order chi connectivity index (χ0) is 11.5. The summed E-state index contributed by atoms with van der Waals surface area (Å²) in [6, 6.07) is 0.00413. The lowest BCUT2D eigenvalue weighted by Crippen LogP contribution is -2.21. The van der Waals surface area contributed by atoms with Gasteiger partial charge in [-0.2, -0.15) is 0 Å². The van der Waals surface area contributed by atoms with Crippen LogP contribution in [0, 0.1) is 5.92 Å². The monoisotopic (exact) mass is 220 g/mol. The first-order valence-electron chi connectivity index (χ1n) is 5.59. The molecule has 2 atom stereocenters. The number of hydrogen-bond acceptors (Lipinski definition) is 4. The molecule has 1 aliphatic rings. The third-order valence-corrected chi connectivity index (χ3v) is 2.76. The fourth-order valence-corrected chi connectivity index (χ4v) is 1.94. The predicted molar refractivity (Wildman–Crippen MR) is 59.9 cm³/mol. The van der Waals surface area contributed by atoms with Crippen LogP contribution < -0.4 is 5.73 Å². The summed E-state index contributed by atoms with van der Waals surface area (Å²) >= 11 is 0. The highest BCUT2D eigenvalue weighted by Crippen LogP contribution is 2.20. The third kappa shape index (κ3) is 2.04. The number of hydrogen-bond donors (Lipinski definition) is 1. The zero-order valence-corrected chi connectivity index (χ0v) is 9.34. The highest BCUT2D eigenvalue weighted by Gasteiger charge is 2.26. The topological polar surface area (TPSA) is 73.8 Å². The second kappa shape index (κ2) is 4.57. The summed E-state index contributed by atoms with van der Waals surface area (Å²) in [5, 5.41) is 7.70. The van der Waals surface area contributed by atoms with Crippen molar-refractivity contribution in [3.8, 4) is 0 Å². The Morgan fingerprint density at radius 3 is 3.06 bits per heavy atom. The number of rotatable bonds is 4. The Morgan fingerprint density at radius 1 is 1.62 bits per heavy atom. The number of aromatic nitrogens is 3. The number of Topliss-reactive ketones (excluding diaryl/α,β-unsaturated/α-hetero) is 1. The van der Waals surface area contributed by atoms with E-state index in [1.54, 1.807) is 4.68 Å². The minimum Gasteiger partial charge on any atom is -0.324 e. The van der Waals surface area contributed by atoms with Crippen molar-refractivity contribution < 1.29 is 4.79 Å². The normalized spacial score (nSPS) is 23.9. The zero-order valence-electron chi connectivity index (χ0n) is 9.34. The fraction of sp³-hybridized carbons (Fsp3) is 0.545. The van der Waals surface area contributed by atoms with Gasteiger partial charge >= 0.3 is 0 Å². The Bertz CT molecular complexity index is 410. The molecule has 0 amide bonds. The number of allylic oxidation sites excluding steroid dienone is 1. The molecule has 5 heteroatoms. The SMILES string of the molecule is CCCn1nncc1C(=O)C1C=CC(N)C1. The average molecular weight is 220 g/mol. The second-order valence-corrected chi connectivity index (χ2v) is 4.10. The van der Waals surface area contributed by atoms with E-state index in [0.717, 1.165) is 13.0 Å². The molecule has 0 spiro atoms. The van der Waals surface area contributed by atoms with Crippen molar-refractivity contribution in [2.75, 3.05) is 0 Å². The number of aryl methyl sites for hydroxylation is 1. The molecule has 16 heavy (non-hydrogen) atoms. The van der Waals surface area contributed by atoms with E-state index in [1.165, 1.54) is 6.20 Å². The molecule has 0 bridgehead atoms. The van der Waals surface area contributed by atoms with Crippen molar-refractivity contribution in [3.63, 3.8) is 0 Å². The summed E-state index contributed by atoms with van der Waals surface area (Å²) in [4.78, 5) is 12.1. The van der Waals surface area contributed by atoms with Gasteiger partial charge in [-0.25, -0.2) is 4.68 Å². The van der Waals surface area contributed by atoms with Crippen LogP contribution >= 0.6 is 0 Å². The summed E-state index contributed by atoms with van der Waals surface area (Å²) in [5.74, 6) is -0.0354. The van der Waals surface area contributed by atoms with Gasteiger partial charge < -0.3 is 5.73 Å². The van der Waals surface area contributed by atoms with Crippen LogP contribution in [-0.2, 0) is 6.54 Å². The quantitative estimate of drug-likeness (QED) is 0.601. The van der Waals surface area contributed by atoms with Gasteiger partial charge in [-0.15, -0.1) is 5.10 Å². The maximum absolute atomic E-state index is 12.1. The second-order valence-electron chi connectivity index (χ2n) is 4.10. The van der Waals surface area contributed by atoms with Crippen LogP contribution in [0.25, 0.3) is 0 Å². The Balaban J connectivity index is 2.14. The van der Waals surface area contributed by atoms with Gasteiger partial charge in [-0.1, -0.05) is 24.3 Å². The molecule has 2 N–H and O–H groups in total. The first-order valence-corrected chi connectivity index (χ1v) is 5.59. The smallest absolute Gasteiger partial charge is 0.189 e. The van der Waals surface area contributed by atoms with Crippen LogP contribution in [0.2, 0.25) is 0 Å². The highest BCUT2D eigenvalue weighted by atomic mass is 16.1. The fourth-order valence-electron chi connectivity index (χ4n) is 1.94. The van der Waals surface area contributed by atoms with E-state index in [2.05, 4.69) is 10.3 Å². The molecule has 2 unspecified atom stereocenters. The Kier molecular flexibility index (Phi) is 3.14. The van der Waals surface area contributed by atoms with E-state index in [1.807, 2.05) is 19.1 Å². The molecule has 1 aromatic heterocycles. The van der Waals surface area contributed by atoms with E-state index in [-0.39, 0.29) is 17.7 Å². The maximum atomic E-state index is 12.1. The van der Waals surface area contributed by atoms with E-state index in [0.29, 0.717) is 12.1 Å². The predicted octanol–water partition coefficient (Wildman–Crippen LogP) is 0.774. The Hall–Kier alpha value is -1.49. The maximum Gasteiger partial charge on any atom is 0.189 e. The first-order chi connectivity index (χ1) is 7.72. The molecule has 0 saturated carbocycles. The van der Waals surface area contributed by atoms with Gasteiger partial charge in [0.05, 0.1) is 6.20 Å². The van der Waals surface area contributed by atoms with Crippen molar-refractivity contribution in [2.24, 2.45) is 11.7 Å². The average Bonchev–Trinajstić information content (AvgIpc) is 2.87. The highest BCUT2D eigenvalue weighted by molar-refractivity contribution is 5.97. The molecule has 0 fully saturated rings. The first kappa shape index (κ1) is 11.0. The number of nitrogens with zero attached hydrogens (tertiary/aromatic N) is 3. The number of ketones is 1. The number of carbonyl (C=O) groups excluding carboxylic acids is 1. The molecule has 2 rings (SSSR count). The third-order valence-electron chi connectivity index (χ3n) is 2.76. The lowest BCUT2D eigenvalue weighted by Gasteiger charge is -2.08. The van der Waals surface area contributed by atoms with Crippen molar-refractivity contribution in [3.05, 3.63) is 24.0 Å². The van der Waals surface area contributed by atoms with E-state index in [4.69, 9.17) is 5.73 Å². The molecule has 1 aromatic rings. The van der Waals surface area contributed by atoms with Crippen molar-refractivity contribution in [1.82, 2.24) is 15.0 Å². The largest absolute Gasteiger partial charge is 0.324 e. The standard InChI is InChI=1S/C11H16N4O/c1-2-5-15-10(7-13-14-15)11(16)8-3-4-9(12)6-8/h3-4,7-9H,2,5-6,12H2,1H3. The Labute approximate surface area is 94.3 Å². The molecule has 86 valence electrons. The summed E-state index contributed by atoms with van der Waals surface area (Å²) < 4.78 is 1.67. The van der Waals surface area contributed by atoms with Crippen molar-refractivity contribution >= 4 is 5.78 Å². The molecule has 5 nitrogen and oxygen atoms in total. The van der Waals surface area contributed by atoms with Crippen molar-refractivity contribution in [1.29, 1.82) is 0 Å². The summed E-state index contributed by atoms with van der Waals surface area (Å²) in [7, 11) is 0. The van der Waals surface area contributed by atoms with Gasteiger partial charge in [-0.05, 0) is 12.8 Å². The van der Waals surface area contributed by atoms with Gasteiger partial charge in [0.25, 0.3) is 0 Å². The van der Waals surface area contributed by atoms with Crippen LogP contribution in [0.1, 0.15) is 30.3 Å². The van der Waals surface area contributed by atoms with Gasteiger partial charge in [0.2, 0.25) is 0 Å². The molecule has 0 aromatic carbocycles. The van der Waals surface area contributed by atoms with Gasteiger partial charge in [0, 0.05) is 18.5 Å². The van der Waals surface area contributed by atoms with Gasteiger partial charge in [0.1, 0.15) is 5.69 Å². The summed E-state index contributed by atoms with van der Waals surface area (Å²) in [6.45, 7) is 2.77. The van der Waals surface area contributed by atoms with Crippen LogP contribution in [0.5, 0.6) is 0 Å². The summed E-state index contributed by atoms with van der Waals surface area (Å²) in [5.41, 5.74) is 6.32. The number of nitrogens with two attached hydrogens (primary N) is 1. The molecule has 1 aliphatic carbocycles. The molecule has 0 radical (unpaired) electrons. The molecule has 0 saturated heterocycles. The minimum atomic E-state index is -0.107.